The van der Waals surface area contributed by atoms with Crippen molar-refractivity contribution in [2.45, 2.75) is 18.9 Å². The Morgan fingerprint density at radius 3 is 2.39 bits per heavy atom. The van der Waals surface area contributed by atoms with Gasteiger partial charge in [-0.25, -0.2) is 0 Å². The molecule has 2 aromatic rings. The van der Waals surface area contributed by atoms with Crippen LogP contribution in [0.2, 0.25) is 0 Å². The minimum absolute atomic E-state index is 0. The molecule has 1 aliphatic carbocycles. The summed E-state index contributed by atoms with van der Waals surface area (Å²) < 4.78 is 5.40. The average Bonchev–Trinajstić information content (AvgIpc) is 3.21. The Morgan fingerprint density at radius 2 is 1.78 bits per heavy atom. The molecule has 18 heavy (non-hydrogen) atoms. The molecule has 3 heteroatoms. The molecule has 0 spiro atoms. The number of rotatable bonds is 3. The highest BCUT2D eigenvalue weighted by atomic mass is 35.5. The van der Waals surface area contributed by atoms with E-state index < -0.39 is 0 Å². The van der Waals surface area contributed by atoms with Gasteiger partial charge in [0.1, 0.15) is 5.75 Å². The second-order valence-electron chi connectivity index (χ2n) is 4.77. The summed E-state index contributed by atoms with van der Waals surface area (Å²) in [5.41, 5.74) is 7.57. The zero-order valence-corrected chi connectivity index (χ0v) is 11.2. The second-order valence-corrected chi connectivity index (χ2v) is 4.77. The summed E-state index contributed by atoms with van der Waals surface area (Å²) in [5.74, 6) is 1.60. The zero-order chi connectivity index (χ0) is 11.8. The minimum atomic E-state index is 0. The van der Waals surface area contributed by atoms with E-state index in [1.54, 1.807) is 7.11 Å². The lowest BCUT2D eigenvalue weighted by Crippen LogP contribution is -2.12. The Kier molecular flexibility index (Phi) is 3.79. The summed E-state index contributed by atoms with van der Waals surface area (Å²) in [4.78, 5) is 0. The normalized spacial score (nSPS) is 16.1. The smallest absolute Gasteiger partial charge is 0.126 e. The van der Waals surface area contributed by atoms with Gasteiger partial charge in [0.2, 0.25) is 0 Å². The van der Waals surface area contributed by atoms with E-state index in [0.29, 0.717) is 5.92 Å². The van der Waals surface area contributed by atoms with Crippen molar-refractivity contribution in [2.75, 3.05) is 7.11 Å². The number of ether oxygens (including phenoxy) is 1. The third-order valence-electron chi connectivity index (χ3n) is 3.63. The van der Waals surface area contributed by atoms with Gasteiger partial charge in [-0.05, 0) is 35.8 Å². The first-order valence-corrected chi connectivity index (χ1v) is 6.12. The largest absolute Gasteiger partial charge is 0.496 e. The summed E-state index contributed by atoms with van der Waals surface area (Å²) in [6.45, 7) is 0. The molecule has 1 atom stereocenters. The number of fused-ring (bicyclic) bond motifs is 1. The molecule has 0 amide bonds. The van der Waals surface area contributed by atoms with Gasteiger partial charge in [0.15, 0.2) is 0 Å². The third kappa shape index (κ3) is 2.18. The van der Waals surface area contributed by atoms with Crippen LogP contribution in [0.1, 0.15) is 24.4 Å². The lowest BCUT2D eigenvalue weighted by Gasteiger charge is -2.15. The number of methoxy groups -OCH3 is 1. The van der Waals surface area contributed by atoms with E-state index in [2.05, 4.69) is 24.3 Å². The highest BCUT2D eigenvalue weighted by molar-refractivity contribution is 5.91. The van der Waals surface area contributed by atoms with Crippen LogP contribution >= 0.6 is 12.4 Å². The number of hydrogen-bond acceptors (Lipinski definition) is 2. The maximum atomic E-state index is 6.32. The Morgan fingerprint density at radius 1 is 1.11 bits per heavy atom. The topological polar surface area (TPSA) is 35.2 Å². The van der Waals surface area contributed by atoms with Gasteiger partial charge in [0.25, 0.3) is 0 Å². The number of hydrogen-bond donors (Lipinski definition) is 1. The van der Waals surface area contributed by atoms with Crippen LogP contribution in [0.4, 0.5) is 0 Å². The van der Waals surface area contributed by atoms with Crippen LogP contribution in [0.25, 0.3) is 10.8 Å². The van der Waals surface area contributed by atoms with Gasteiger partial charge >= 0.3 is 0 Å². The molecule has 0 unspecified atom stereocenters. The SMILES string of the molecule is COc1ccc([C@H](N)C2CC2)c2ccccc12.Cl. The molecule has 0 aromatic heterocycles. The standard InChI is InChI=1S/C15H17NO.ClH/c1-17-14-9-8-13(15(16)10-6-7-10)11-4-2-3-5-12(11)14;/h2-5,8-10,15H,6-7,16H2,1H3;1H/t15-;/m1./s1. The van der Waals surface area contributed by atoms with Crippen molar-refractivity contribution in [3.8, 4) is 5.75 Å². The van der Waals surface area contributed by atoms with Crippen LogP contribution in [-0.4, -0.2) is 7.11 Å². The Hall–Kier alpha value is -1.25. The fraction of sp³-hybridized carbons (Fsp3) is 0.333. The van der Waals surface area contributed by atoms with E-state index in [-0.39, 0.29) is 18.4 Å². The molecule has 2 nitrogen and oxygen atoms in total. The third-order valence-corrected chi connectivity index (χ3v) is 3.63. The van der Waals surface area contributed by atoms with Gasteiger partial charge in [-0.15, -0.1) is 12.4 Å². The van der Waals surface area contributed by atoms with Crippen molar-refractivity contribution in [3.05, 3.63) is 42.0 Å². The van der Waals surface area contributed by atoms with Crippen molar-refractivity contribution in [1.29, 1.82) is 0 Å². The Balaban J connectivity index is 0.00000120. The van der Waals surface area contributed by atoms with E-state index >= 15 is 0 Å². The first kappa shape index (κ1) is 13.2. The van der Waals surface area contributed by atoms with Crippen LogP contribution in [0.15, 0.2) is 36.4 Å². The molecule has 1 saturated carbocycles. The van der Waals surface area contributed by atoms with Gasteiger partial charge in [0, 0.05) is 11.4 Å². The molecule has 0 heterocycles. The predicted octanol–water partition coefficient (Wildman–Crippen LogP) is 3.68. The van der Waals surface area contributed by atoms with E-state index in [9.17, 15) is 0 Å². The highest BCUT2D eigenvalue weighted by Gasteiger charge is 2.30. The summed E-state index contributed by atoms with van der Waals surface area (Å²) >= 11 is 0. The van der Waals surface area contributed by atoms with Crippen LogP contribution < -0.4 is 10.5 Å². The molecule has 2 aromatic carbocycles. The fourth-order valence-electron chi connectivity index (χ4n) is 2.47. The van der Waals surface area contributed by atoms with Crippen molar-refractivity contribution >= 4 is 23.2 Å². The average molecular weight is 264 g/mol. The first-order chi connectivity index (χ1) is 8.31. The molecular weight excluding hydrogens is 246 g/mol. The number of halogens is 1. The van der Waals surface area contributed by atoms with E-state index in [4.69, 9.17) is 10.5 Å². The zero-order valence-electron chi connectivity index (χ0n) is 10.4. The molecule has 1 fully saturated rings. The molecule has 0 radical (unpaired) electrons. The Bertz CT molecular complexity index is 551. The molecule has 0 saturated heterocycles. The molecule has 3 rings (SSSR count). The van der Waals surface area contributed by atoms with E-state index in [1.165, 1.54) is 23.8 Å². The molecule has 2 N–H and O–H groups in total. The maximum absolute atomic E-state index is 6.32. The fourth-order valence-corrected chi connectivity index (χ4v) is 2.47. The van der Waals surface area contributed by atoms with Gasteiger partial charge < -0.3 is 10.5 Å². The van der Waals surface area contributed by atoms with Gasteiger partial charge in [-0.1, -0.05) is 30.3 Å². The lowest BCUT2D eigenvalue weighted by atomic mass is 9.96. The van der Waals surface area contributed by atoms with E-state index in [1.807, 2.05) is 12.1 Å². The summed E-state index contributed by atoms with van der Waals surface area (Å²) in [6, 6.07) is 12.6. The summed E-state index contributed by atoms with van der Waals surface area (Å²) in [6.07, 6.45) is 2.53. The van der Waals surface area contributed by atoms with Crippen LogP contribution in [-0.2, 0) is 0 Å². The minimum Gasteiger partial charge on any atom is -0.496 e. The van der Waals surface area contributed by atoms with Crippen molar-refractivity contribution in [3.63, 3.8) is 0 Å². The van der Waals surface area contributed by atoms with Gasteiger partial charge in [-0.3, -0.25) is 0 Å². The van der Waals surface area contributed by atoms with Crippen molar-refractivity contribution in [2.24, 2.45) is 11.7 Å². The second kappa shape index (κ2) is 5.17. The van der Waals surface area contributed by atoms with Gasteiger partial charge in [0.05, 0.1) is 7.11 Å². The molecule has 96 valence electrons. The van der Waals surface area contributed by atoms with E-state index in [0.717, 1.165) is 11.1 Å². The van der Waals surface area contributed by atoms with Crippen LogP contribution in [0.3, 0.4) is 0 Å². The molecule has 0 aliphatic heterocycles. The van der Waals surface area contributed by atoms with Crippen molar-refractivity contribution in [1.82, 2.24) is 0 Å². The maximum Gasteiger partial charge on any atom is 0.126 e. The molecular formula is C15H18ClNO. The summed E-state index contributed by atoms with van der Waals surface area (Å²) in [5, 5.41) is 2.38. The first-order valence-electron chi connectivity index (χ1n) is 6.12. The van der Waals surface area contributed by atoms with Crippen LogP contribution in [0, 0.1) is 5.92 Å². The van der Waals surface area contributed by atoms with Gasteiger partial charge in [-0.2, -0.15) is 0 Å². The number of nitrogens with two attached hydrogens (primary N) is 1. The highest BCUT2D eigenvalue weighted by Crippen LogP contribution is 2.42. The predicted molar refractivity (Wildman–Crippen MR) is 77.4 cm³/mol. The summed E-state index contributed by atoms with van der Waals surface area (Å²) in [7, 11) is 1.71. The lowest BCUT2D eigenvalue weighted by molar-refractivity contribution is 0.419. The van der Waals surface area contributed by atoms with Crippen molar-refractivity contribution < 1.29 is 4.74 Å². The number of benzene rings is 2. The quantitative estimate of drug-likeness (QED) is 0.917. The monoisotopic (exact) mass is 263 g/mol. The Labute approximate surface area is 114 Å². The molecule has 0 bridgehead atoms. The molecule has 1 aliphatic rings. The van der Waals surface area contributed by atoms with Crippen LogP contribution in [0.5, 0.6) is 5.75 Å².